The van der Waals surface area contributed by atoms with Crippen LogP contribution in [0.5, 0.6) is 0 Å². The normalized spacial score (nSPS) is 15.6. The lowest BCUT2D eigenvalue weighted by molar-refractivity contribution is 0.0697. The Labute approximate surface area is 164 Å². The Bertz CT molecular complexity index is 990. The summed E-state index contributed by atoms with van der Waals surface area (Å²) in [5.74, 6) is -0.968. The van der Waals surface area contributed by atoms with Crippen LogP contribution < -0.4 is 4.90 Å². The van der Waals surface area contributed by atoms with Gasteiger partial charge in [-0.15, -0.1) is 0 Å². The maximum Gasteiger partial charge on any atom is 0.335 e. The van der Waals surface area contributed by atoms with Crippen molar-refractivity contribution in [3.05, 3.63) is 63.7 Å². The first-order valence-corrected chi connectivity index (χ1v) is 9.13. The molecule has 2 aromatic carbocycles. The van der Waals surface area contributed by atoms with E-state index in [0.29, 0.717) is 10.7 Å². The number of benzene rings is 2. The van der Waals surface area contributed by atoms with Crippen LogP contribution in [0, 0.1) is 6.92 Å². The second-order valence-electron chi connectivity index (χ2n) is 7.50. The monoisotopic (exact) mass is 382 g/mol. The summed E-state index contributed by atoms with van der Waals surface area (Å²) in [5.41, 5.74) is 5.87. The van der Waals surface area contributed by atoms with Crippen LogP contribution in [0.1, 0.15) is 47.8 Å². The quantitative estimate of drug-likeness (QED) is 0.689. The molecule has 1 heterocycles. The Hall–Kier alpha value is -2.59. The van der Waals surface area contributed by atoms with Gasteiger partial charge in [0.05, 0.1) is 21.8 Å². The molecule has 5 heteroatoms. The number of allylic oxidation sites excluding steroid dienone is 1. The average molecular weight is 383 g/mol. The average Bonchev–Trinajstić information content (AvgIpc) is 2.59. The lowest BCUT2D eigenvalue weighted by atomic mass is 9.88. The van der Waals surface area contributed by atoms with Gasteiger partial charge in [-0.25, -0.2) is 4.79 Å². The van der Waals surface area contributed by atoms with Crippen LogP contribution in [0.2, 0.25) is 5.02 Å². The first-order valence-electron chi connectivity index (χ1n) is 8.75. The van der Waals surface area contributed by atoms with Crippen molar-refractivity contribution in [3.63, 3.8) is 0 Å². The third kappa shape index (κ3) is 3.62. The molecule has 0 bridgehead atoms. The SMILES string of the molecule is CC1=CC(C)(C)N(C)c2cc(Cl)c(C=Nc3cc(C(=O)O)ccc3C)cc21. The number of hydrogen-bond donors (Lipinski definition) is 1. The highest BCUT2D eigenvalue weighted by molar-refractivity contribution is 6.33. The molecule has 140 valence electrons. The summed E-state index contributed by atoms with van der Waals surface area (Å²) >= 11 is 6.52. The summed E-state index contributed by atoms with van der Waals surface area (Å²) in [4.78, 5) is 17.9. The Morgan fingerprint density at radius 3 is 2.59 bits per heavy atom. The van der Waals surface area contributed by atoms with Crippen molar-refractivity contribution in [3.8, 4) is 0 Å². The molecule has 0 saturated carbocycles. The lowest BCUT2D eigenvalue weighted by Crippen LogP contribution is -2.42. The number of anilines is 1. The van der Waals surface area contributed by atoms with Crippen molar-refractivity contribution in [2.45, 2.75) is 33.2 Å². The van der Waals surface area contributed by atoms with Crippen molar-refractivity contribution in [2.75, 3.05) is 11.9 Å². The fourth-order valence-electron chi connectivity index (χ4n) is 3.31. The van der Waals surface area contributed by atoms with Crippen LogP contribution in [0.25, 0.3) is 5.57 Å². The molecular formula is C22H23ClN2O2. The number of carboxylic acids is 1. The highest BCUT2D eigenvalue weighted by Crippen LogP contribution is 2.40. The van der Waals surface area contributed by atoms with Crippen molar-refractivity contribution in [1.29, 1.82) is 0 Å². The van der Waals surface area contributed by atoms with Crippen LogP contribution >= 0.6 is 11.6 Å². The number of hydrogen-bond acceptors (Lipinski definition) is 3. The Morgan fingerprint density at radius 1 is 1.22 bits per heavy atom. The summed E-state index contributed by atoms with van der Waals surface area (Å²) < 4.78 is 0. The van der Waals surface area contributed by atoms with Gasteiger partial charge in [-0.1, -0.05) is 23.7 Å². The van der Waals surface area contributed by atoms with E-state index in [-0.39, 0.29) is 11.1 Å². The summed E-state index contributed by atoms with van der Waals surface area (Å²) in [6.45, 7) is 8.33. The topological polar surface area (TPSA) is 52.9 Å². The van der Waals surface area contributed by atoms with Crippen molar-refractivity contribution < 1.29 is 9.90 Å². The zero-order chi connectivity index (χ0) is 19.9. The molecule has 0 spiro atoms. The van der Waals surface area contributed by atoms with Crippen molar-refractivity contribution in [1.82, 2.24) is 0 Å². The molecule has 0 saturated heterocycles. The maximum atomic E-state index is 11.2. The predicted octanol–water partition coefficient (Wildman–Crippen LogP) is 5.73. The third-order valence-corrected chi connectivity index (χ3v) is 5.46. The summed E-state index contributed by atoms with van der Waals surface area (Å²) in [6, 6.07) is 8.91. The Morgan fingerprint density at radius 2 is 1.93 bits per heavy atom. The molecule has 0 aliphatic carbocycles. The first kappa shape index (κ1) is 19.2. The molecule has 2 aromatic rings. The van der Waals surface area contributed by atoms with Crippen molar-refractivity contribution >= 4 is 40.7 Å². The van der Waals surface area contributed by atoms with Gasteiger partial charge < -0.3 is 10.0 Å². The molecule has 0 atom stereocenters. The smallest absolute Gasteiger partial charge is 0.335 e. The zero-order valence-electron chi connectivity index (χ0n) is 16.2. The number of aliphatic imine (C=N–C) groups is 1. The number of nitrogens with zero attached hydrogens (tertiary/aromatic N) is 2. The molecule has 0 aromatic heterocycles. The van der Waals surface area contributed by atoms with E-state index in [4.69, 9.17) is 11.6 Å². The lowest BCUT2D eigenvalue weighted by Gasteiger charge is -2.40. The van der Waals surface area contributed by atoms with E-state index in [9.17, 15) is 9.90 Å². The summed E-state index contributed by atoms with van der Waals surface area (Å²) in [6.07, 6.45) is 3.94. The molecule has 1 N–H and O–H groups in total. The van der Waals surface area contributed by atoms with E-state index >= 15 is 0 Å². The number of aromatic carboxylic acids is 1. The Kier molecular flexibility index (Phi) is 4.87. The van der Waals surface area contributed by atoms with Gasteiger partial charge in [0.2, 0.25) is 0 Å². The largest absolute Gasteiger partial charge is 0.478 e. The first-order chi connectivity index (χ1) is 12.6. The summed E-state index contributed by atoms with van der Waals surface area (Å²) in [5, 5.41) is 9.79. The van der Waals surface area contributed by atoms with Gasteiger partial charge in [0.1, 0.15) is 0 Å². The van der Waals surface area contributed by atoms with Gasteiger partial charge in [0, 0.05) is 30.1 Å². The number of carbonyl (C=O) groups is 1. The minimum Gasteiger partial charge on any atom is -0.478 e. The van der Waals surface area contributed by atoms with Gasteiger partial charge in [-0.05, 0) is 63.1 Å². The number of aryl methyl sites for hydroxylation is 1. The molecule has 0 amide bonds. The molecule has 1 aliphatic heterocycles. The zero-order valence-corrected chi connectivity index (χ0v) is 16.9. The minimum atomic E-state index is -0.968. The fourth-order valence-corrected chi connectivity index (χ4v) is 3.51. The molecule has 0 unspecified atom stereocenters. The van der Waals surface area contributed by atoms with E-state index in [0.717, 1.165) is 22.4 Å². The number of carboxylic acid groups (broad SMARTS) is 1. The predicted molar refractivity (Wildman–Crippen MR) is 113 cm³/mol. The van der Waals surface area contributed by atoms with Crippen LogP contribution in [0.3, 0.4) is 0 Å². The second kappa shape index (κ2) is 6.86. The molecular weight excluding hydrogens is 360 g/mol. The number of halogens is 1. The number of fused-ring (bicyclic) bond motifs is 1. The standard InChI is InChI=1S/C22H23ClN2O2/c1-13-6-7-15(21(26)27)9-19(13)24-12-16-8-17-14(2)11-22(3,4)25(5)20(17)10-18(16)23/h6-12H,1-5H3,(H,26,27). The van der Waals surface area contributed by atoms with Gasteiger partial charge in [-0.3, -0.25) is 4.99 Å². The summed E-state index contributed by atoms with van der Waals surface area (Å²) in [7, 11) is 2.06. The molecule has 3 rings (SSSR count). The van der Waals surface area contributed by atoms with Gasteiger partial charge in [0.25, 0.3) is 0 Å². The minimum absolute atomic E-state index is 0.0790. The van der Waals surface area contributed by atoms with Crippen molar-refractivity contribution in [2.24, 2.45) is 4.99 Å². The maximum absolute atomic E-state index is 11.2. The van der Waals surface area contributed by atoms with Crippen LogP contribution in [0.4, 0.5) is 11.4 Å². The van der Waals surface area contributed by atoms with Crippen LogP contribution in [-0.4, -0.2) is 29.9 Å². The highest BCUT2D eigenvalue weighted by Gasteiger charge is 2.29. The fraction of sp³-hybridized carbons (Fsp3) is 0.273. The molecule has 27 heavy (non-hydrogen) atoms. The van der Waals surface area contributed by atoms with E-state index in [1.54, 1.807) is 24.4 Å². The Balaban J connectivity index is 2.03. The van der Waals surface area contributed by atoms with E-state index < -0.39 is 5.97 Å². The van der Waals surface area contributed by atoms with E-state index in [1.807, 2.05) is 19.1 Å². The molecule has 1 aliphatic rings. The molecule has 0 fully saturated rings. The molecule has 0 radical (unpaired) electrons. The van der Waals surface area contributed by atoms with Gasteiger partial charge >= 0.3 is 5.97 Å². The van der Waals surface area contributed by atoms with E-state index in [1.165, 1.54) is 5.57 Å². The van der Waals surface area contributed by atoms with Crippen LogP contribution in [0.15, 0.2) is 41.4 Å². The number of likely N-dealkylation sites (N-methyl/N-ethyl adjacent to an activating group) is 1. The van der Waals surface area contributed by atoms with Crippen LogP contribution in [-0.2, 0) is 0 Å². The third-order valence-electron chi connectivity index (χ3n) is 5.13. The van der Waals surface area contributed by atoms with E-state index in [2.05, 4.69) is 43.8 Å². The number of rotatable bonds is 3. The van der Waals surface area contributed by atoms with Gasteiger partial charge in [-0.2, -0.15) is 0 Å². The molecule has 4 nitrogen and oxygen atoms in total. The second-order valence-corrected chi connectivity index (χ2v) is 7.90. The highest BCUT2D eigenvalue weighted by atomic mass is 35.5. The van der Waals surface area contributed by atoms with Gasteiger partial charge in [0.15, 0.2) is 0 Å².